The fourth-order valence-corrected chi connectivity index (χ4v) is 4.80. The van der Waals surface area contributed by atoms with Crippen LogP contribution in [-0.4, -0.2) is 0 Å². The van der Waals surface area contributed by atoms with Crippen LogP contribution >= 0.6 is 0 Å². The van der Waals surface area contributed by atoms with Crippen molar-refractivity contribution < 1.29 is 0 Å². The molecular weight excluding hydrogens is 180 g/mol. The van der Waals surface area contributed by atoms with Gasteiger partial charge in [0.15, 0.2) is 0 Å². The standard InChI is InChI=1S/C15H24/c1-11-13-9-12(14(13,2)3)10-15(11)7-5-4-6-8-15/h5,7,11-13H,4,6,8-10H2,1-3H3/t11-,12?,13-,15-/m0/s1. The van der Waals surface area contributed by atoms with E-state index in [0.29, 0.717) is 10.8 Å². The van der Waals surface area contributed by atoms with Gasteiger partial charge in [-0.05, 0) is 60.7 Å². The van der Waals surface area contributed by atoms with Crippen LogP contribution in [0.5, 0.6) is 0 Å². The summed E-state index contributed by atoms with van der Waals surface area (Å²) in [5.41, 5.74) is 1.26. The molecule has 0 aromatic heterocycles. The zero-order valence-electron chi connectivity index (χ0n) is 10.4. The lowest BCUT2D eigenvalue weighted by atomic mass is 9.39. The first-order valence-corrected chi connectivity index (χ1v) is 6.74. The van der Waals surface area contributed by atoms with Gasteiger partial charge in [0.05, 0.1) is 0 Å². The minimum absolute atomic E-state index is 0.612. The van der Waals surface area contributed by atoms with Crippen LogP contribution in [0.2, 0.25) is 0 Å². The fraction of sp³-hybridized carbons (Fsp3) is 0.867. The molecule has 0 aromatic carbocycles. The lowest BCUT2D eigenvalue weighted by Gasteiger charge is -2.66. The van der Waals surface area contributed by atoms with Crippen molar-refractivity contribution in [1.29, 1.82) is 0 Å². The Morgan fingerprint density at radius 2 is 2.07 bits per heavy atom. The first-order chi connectivity index (χ1) is 7.06. The molecule has 15 heavy (non-hydrogen) atoms. The number of hydrogen-bond acceptors (Lipinski definition) is 0. The summed E-state index contributed by atoms with van der Waals surface area (Å²) in [6, 6.07) is 0. The highest BCUT2D eigenvalue weighted by atomic mass is 14.6. The van der Waals surface area contributed by atoms with Crippen LogP contribution in [0.15, 0.2) is 12.2 Å². The van der Waals surface area contributed by atoms with E-state index in [9.17, 15) is 0 Å². The quantitative estimate of drug-likeness (QED) is 0.513. The number of hydrogen-bond donors (Lipinski definition) is 0. The van der Waals surface area contributed by atoms with Gasteiger partial charge in [0.1, 0.15) is 0 Å². The molecule has 0 aromatic rings. The highest BCUT2D eigenvalue weighted by Gasteiger charge is 2.60. The van der Waals surface area contributed by atoms with Crippen molar-refractivity contribution >= 4 is 0 Å². The van der Waals surface area contributed by atoms with E-state index in [1.165, 1.54) is 32.1 Å². The first-order valence-electron chi connectivity index (χ1n) is 6.74. The molecule has 4 rings (SSSR count). The zero-order chi connectivity index (χ0) is 10.7. The fourth-order valence-electron chi connectivity index (χ4n) is 4.80. The van der Waals surface area contributed by atoms with E-state index in [0.717, 1.165) is 17.8 Å². The molecular formula is C15H24. The summed E-state index contributed by atoms with van der Waals surface area (Å²) in [5.74, 6) is 2.94. The average Bonchev–Trinajstić information content (AvgIpc) is 2.23. The Labute approximate surface area is 94.1 Å². The van der Waals surface area contributed by atoms with Crippen LogP contribution in [0.25, 0.3) is 0 Å². The minimum Gasteiger partial charge on any atom is -0.0880 e. The van der Waals surface area contributed by atoms with Crippen LogP contribution < -0.4 is 0 Å². The van der Waals surface area contributed by atoms with E-state index in [-0.39, 0.29) is 0 Å². The van der Waals surface area contributed by atoms with E-state index >= 15 is 0 Å². The van der Waals surface area contributed by atoms with Gasteiger partial charge in [-0.1, -0.05) is 32.9 Å². The highest BCUT2D eigenvalue weighted by molar-refractivity contribution is 5.17. The van der Waals surface area contributed by atoms with Gasteiger partial charge in [-0.2, -0.15) is 0 Å². The van der Waals surface area contributed by atoms with Crippen LogP contribution in [0.1, 0.15) is 52.9 Å². The molecule has 0 nitrogen and oxygen atoms in total. The molecule has 1 spiro atoms. The van der Waals surface area contributed by atoms with Gasteiger partial charge < -0.3 is 0 Å². The highest BCUT2D eigenvalue weighted by Crippen LogP contribution is 2.68. The van der Waals surface area contributed by atoms with Crippen LogP contribution in [0, 0.1) is 28.6 Å². The first kappa shape index (κ1) is 9.93. The number of allylic oxidation sites excluding steroid dienone is 2. The smallest absolute Gasteiger partial charge is 0.00868 e. The summed E-state index contributed by atoms with van der Waals surface area (Å²) >= 11 is 0. The third kappa shape index (κ3) is 1.14. The monoisotopic (exact) mass is 204 g/mol. The summed E-state index contributed by atoms with van der Waals surface area (Å²) < 4.78 is 0. The topological polar surface area (TPSA) is 0 Å². The molecule has 0 heteroatoms. The van der Waals surface area contributed by atoms with Gasteiger partial charge in [0.2, 0.25) is 0 Å². The van der Waals surface area contributed by atoms with Crippen molar-refractivity contribution in [3.05, 3.63) is 12.2 Å². The van der Waals surface area contributed by atoms with Crippen molar-refractivity contribution in [3.8, 4) is 0 Å². The molecule has 0 amide bonds. The Morgan fingerprint density at radius 1 is 1.27 bits per heavy atom. The summed E-state index contributed by atoms with van der Waals surface area (Å²) in [4.78, 5) is 0. The van der Waals surface area contributed by atoms with Crippen LogP contribution in [0.4, 0.5) is 0 Å². The van der Waals surface area contributed by atoms with Crippen LogP contribution in [-0.2, 0) is 0 Å². The Bertz CT molecular complexity index is 299. The molecule has 2 bridgehead atoms. The van der Waals surface area contributed by atoms with Gasteiger partial charge in [0, 0.05) is 0 Å². The normalized spacial score (nSPS) is 51.5. The van der Waals surface area contributed by atoms with Gasteiger partial charge in [-0.15, -0.1) is 0 Å². The van der Waals surface area contributed by atoms with E-state index in [1.54, 1.807) is 0 Å². The second-order valence-electron chi connectivity index (χ2n) is 6.88. The molecule has 4 aliphatic rings. The summed E-state index contributed by atoms with van der Waals surface area (Å²) in [6.45, 7) is 7.53. The second kappa shape index (κ2) is 2.90. The molecule has 84 valence electrons. The van der Waals surface area contributed by atoms with Crippen molar-refractivity contribution in [3.63, 3.8) is 0 Å². The van der Waals surface area contributed by atoms with Gasteiger partial charge in [-0.25, -0.2) is 0 Å². The van der Waals surface area contributed by atoms with Crippen molar-refractivity contribution in [2.75, 3.05) is 0 Å². The molecule has 0 N–H and O–H groups in total. The van der Waals surface area contributed by atoms with Gasteiger partial charge >= 0.3 is 0 Å². The molecule has 4 aliphatic carbocycles. The van der Waals surface area contributed by atoms with E-state index in [2.05, 4.69) is 32.9 Å². The Kier molecular flexibility index (Phi) is 1.92. The zero-order valence-corrected chi connectivity index (χ0v) is 10.4. The second-order valence-corrected chi connectivity index (χ2v) is 6.88. The molecule has 1 unspecified atom stereocenters. The third-order valence-electron chi connectivity index (χ3n) is 6.15. The molecule has 0 aliphatic heterocycles. The molecule has 0 saturated heterocycles. The molecule has 0 heterocycles. The largest absolute Gasteiger partial charge is 0.0880 e. The molecule has 3 saturated carbocycles. The van der Waals surface area contributed by atoms with Crippen molar-refractivity contribution in [1.82, 2.24) is 0 Å². The average molecular weight is 204 g/mol. The molecule has 4 atom stereocenters. The van der Waals surface area contributed by atoms with E-state index < -0.39 is 0 Å². The van der Waals surface area contributed by atoms with Gasteiger partial charge in [-0.3, -0.25) is 0 Å². The van der Waals surface area contributed by atoms with E-state index in [4.69, 9.17) is 0 Å². The summed E-state index contributed by atoms with van der Waals surface area (Å²) in [6.07, 6.45) is 12.3. The predicted molar refractivity (Wildman–Crippen MR) is 64.6 cm³/mol. The SMILES string of the molecule is C[C@H]1[C@@H]2CC(C[C@@]13C=CCCC3)C2(C)C. The lowest BCUT2D eigenvalue weighted by molar-refractivity contribution is -0.156. The van der Waals surface area contributed by atoms with E-state index in [1.807, 2.05) is 0 Å². The summed E-state index contributed by atoms with van der Waals surface area (Å²) in [5, 5.41) is 0. The van der Waals surface area contributed by atoms with Crippen molar-refractivity contribution in [2.24, 2.45) is 28.6 Å². The van der Waals surface area contributed by atoms with Gasteiger partial charge in [0.25, 0.3) is 0 Å². The Balaban J connectivity index is 1.91. The number of rotatable bonds is 0. The maximum atomic E-state index is 2.59. The maximum Gasteiger partial charge on any atom is -0.00868 e. The Morgan fingerprint density at radius 3 is 2.60 bits per heavy atom. The minimum atomic E-state index is 0.612. The third-order valence-corrected chi connectivity index (χ3v) is 6.15. The Hall–Kier alpha value is -0.260. The van der Waals surface area contributed by atoms with Crippen molar-refractivity contribution in [2.45, 2.75) is 52.9 Å². The molecule has 0 radical (unpaired) electrons. The maximum absolute atomic E-state index is 2.59. The predicted octanol–water partition coefficient (Wildman–Crippen LogP) is 4.42. The van der Waals surface area contributed by atoms with Crippen LogP contribution in [0.3, 0.4) is 0 Å². The molecule has 3 fully saturated rings. The summed E-state index contributed by atoms with van der Waals surface area (Å²) in [7, 11) is 0. The lowest BCUT2D eigenvalue weighted by Crippen LogP contribution is -2.58.